The van der Waals surface area contributed by atoms with Crippen LogP contribution in [0, 0.1) is 5.92 Å². The maximum Gasteiger partial charge on any atom is 0.333 e. The minimum atomic E-state index is -0.573. The summed E-state index contributed by atoms with van der Waals surface area (Å²) in [4.78, 5) is 27.4. The Morgan fingerprint density at radius 3 is 2.26 bits per heavy atom. The zero-order valence-electron chi connectivity index (χ0n) is 18.4. The van der Waals surface area contributed by atoms with Crippen LogP contribution in [0.1, 0.15) is 24.4 Å². The second-order valence-electron chi connectivity index (χ2n) is 9.08. The Morgan fingerprint density at radius 2 is 1.65 bits per heavy atom. The first kappa shape index (κ1) is 21.4. The number of ether oxygens (including phenoxy) is 1. The topological polar surface area (TPSA) is 58.6 Å². The number of rotatable bonds is 7. The van der Waals surface area contributed by atoms with Crippen molar-refractivity contribution in [2.24, 2.45) is 5.92 Å². The number of hydrogen-bond acceptors (Lipinski definition) is 4. The van der Waals surface area contributed by atoms with E-state index in [0.29, 0.717) is 12.5 Å². The molecule has 0 spiro atoms. The number of quaternary nitrogens is 1. The first-order chi connectivity index (χ1) is 15.0. The monoisotopic (exact) mass is 422 g/mol. The largest absolute Gasteiger partial charge is 0.454 e. The molecule has 5 rings (SSSR count). The molecule has 6 heteroatoms. The summed E-state index contributed by atoms with van der Waals surface area (Å²) in [7, 11) is 3.60. The Bertz CT molecular complexity index is 893. The predicted molar refractivity (Wildman–Crippen MR) is 120 cm³/mol. The molecule has 1 unspecified atom stereocenters. The van der Waals surface area contributed by atoms with Gasteiger partial charge in [0, 0.05) is 38.5 Å². The van der Waals surface area contributed by atoms with Gasteiger partial charge in [-0.2, -0.15) is 0 Å². The SMILES string of the molecule is CN(C)C(=O)C[N+]12CCC(CC1)[C@@H](OC(=O)C(Nc1ccccc1)c1ccccc1)C2. The molecule has 3 aliphatic rings. The molecular formula is C25H32N3O3+. The van der Waals surface area contributed by atoms with E-state index in [2.05, 4.69) is 5.32 Å². The molecule has 6 nitrogen and oxygen atoms in total. The van der Waals surface area contributed by atoms with Crippen LogP contribution in [0.25, 0.3) is 0 Å². The summed E-state index contributed by atoms with van der Waals surface area (Å²) in [6.07, 6.45) is 1.86. The molecular weight excluding hydrogens is 390 g/mol. The van der Waals surface area contributed by atoms with Crippen molar-refractivity contribution in [3.05, 3.63) is 66.2 Å². The fourth-order valence-electron chi connectivity index (χ4n) is 4.85. The molecule has 1 amide bonds. The molecule has 0 radical (unpaired) electrons. The number of anilines is 1. The van der Waals surface area contributed by atoms with Gasteiger partial charge in [-0.05, 0) is 17.7 Å². The van der Waals surface area contributed by atoms with E-state index in [-0.39, 0.29) is 18.0 Å². The average Bonchev–Trinajstić information content (AvgIpc) is 2.79. The quantitative estimate of drug-likeness (QED) is 0.550. The number of esters is 1. The van der Waals surface area contributed by atoms with Gasteiger partial charge < -0.3 is 19.4 Å². The molecule has 31 heavy (non-hydrogen) atoms. The third-order valence-electron chi connectivity index (χ3n) is 6.73. The molecule has 0 aliphatic carbocycles. The van der Waals surface area contributed by atoms with E-state index in [0.717, 1.165) is 48.2 Å². The Morgan fingerprint density at radius 1 is 1.03 bits per heavy atom. The van der Waals surface area contributed by atoms with Crippen molar-refractivity contribution >= 4 is 17.6 Å². The maximum atomic E-state index is 13.4. The van der Waals surface area contributed by atoms with Crippen LogP contribution in [0.2, 0.25) is 0 Å². The van der Waals surface area contributed by atoms with Crippen LogP contribution < -0.4 is 5.32 Å². The normalized spacial score (nSPS) is 25.5. The standard InChI is InChI=1S/C25H32N3O3/c1-27(2)23(29)18-28-15-13-19(14-16-28)22(17-28)31-25(30)24(20-9-5-3-6-10-20)26-21-11-7-4-8-12-21/h3-12,19,22,24,26H,13-18H2,1-2H3/q+1/t19?,22-,24?,28?/m0/s1. The van der Waals surface area contributed by atoms with Gasteiger partial charge in [-0.15, -0.1) is 0 Å². The summed E-state index contributed by atoms with van der Waals surface area (Å²) < 4.78 is 6.87. The van der Waals surface area contributed by atoms with Crippen molar-refractivity contribution in [2.75, 3.05) is 45.6 Å². The number of benzene rings is 2. The Kier molecular flexibility index (Phi) is 6.28. The molecule has 2 aromatic rings. The van der Waals surface area contributed by atoms with E-state index in [1.54, 1.807) is 19.0 Å². The number of piperidine rings is 3. The molecule has 3 fully saturated rings. The van der Waals surface area contributed by atoms with Gasteiger partial charge >= 0.3 is 5.97 Å². The van der Waals surface area contributed by atoms with Crippen LogP contribution in [0.5, 0.6) is 0 Å². The average molecular weight is 423 g/mol. The van der Waals surface area contributed by atoms with Crippen LogP contribution in [0.3, 0.4) is 0 Å². The number of carbonyl (C=O) groups is 2. The predicted octanol–water partition coefficient (Wildman–Crippen LogP) is 3.08. The Balaban J connectivity index is 1.50. The third-order valence-corrected chi connectivity index (χ3v) is 6.73. The minimum Gasteiger partial charge on any atom is -0.454 e. The summed E-state index contributed by atoms with van der Waals surface area (Å²) >= 11 is 0. The third kappa shape index (κ3) is 4.90. The first-order valence-electron chi connectivity index (χ1n) is 11.1. The number of likely N-dealkylation sites (N-methyl/N-ethyl adjacent to an activating group) is 1. The lowest BCUT2D eigenvalue weighted by Gasteiger charge is -2.51. The highest BCUT2D eigenvalue weighted by Crippen LogP contribution is 2.36. The zero-order chi connectivity index (χ0) is 21.8. The van der Waals surface area contributed by atoms with Crippen LogP contribution in [0.4, 0.5) is 5.69 Å². The highest BCUT2D eigenvalue weighted by atomic mass is 16.5. The Hall–Kier alpha value is -2.86. The number of para-hydroxylation sites is 1. The number of hydrogen-bond donors (Lipinski definition) is 1. The van der Waals surface area contributed by atoms with Gasteiger partial charge in [-0.3, -0.25) is 4.79 Å². The molecule has 0 aromatic heterocycles. The molecule has 2 aromatic carbocycles. The summed E-state index contributed by atoms with van der Waals surface area (Å²) in [6, 6.07) is 18.9. The van der Waals surface area contributed by atoms with Crippen molar-refractivity contribution in [1.82, 2.24) is 4.90 Å². The number of fused-ring (bicyclic) bond motifs is 3. The molecule has 164 valence electrons. The lowest BCUT2D eigenvalue weighted by Crippen LogP contribution is -2.66. The molecule has 3 saturated heterocycles. The van der Waals surface area contributed by atoms with Gasteiger partial charge in [-0.25, -0.2) is 4.79 Å². The van der Waals surface area contributed by atoms with E-state index in [9.17, 15) is 9.59 Å². The van der Waals surface area contributed by atoms with E-state index >= 15 is 0 Å². The molecule has 2 bridgehead atoms. The molecule has 3 heterocycles. The van der Waals surface area contributed by atoms with Crippen molar-refractivity contribution in [3.8, 4) is 0 Å². The van der Waals surface area contributed by atoms with Crippen LogP contribution >= 0.6 is 0 Å². The maximum absolute atomic E-state index is 13.4. The fourth-order valence-corrected chi connectivity index (χ4v) is 4.85. The van der Waals surface area contributed by atoms with Crippen molar-refractivity contribution in [1.29, 1.82) is 0 Å². The fraction of sp³-hybridized carbons (Fsp3) is 0.440. The van der Waals surface area contributed by atoms with Gasteiger partial charge in [0.25, 0.3) is 5.91 Å². The Labute approximate surface area is 184 Å². The lowest BCUT2D eigenvalue weighted by atomic mass is 9.83. The molecule has 3 aliphatic heterocycles. The second kappa shape index (κ2) is 9.10. The van der Waals surface area contributed by atoms with Crippen molar-refractivity contribution in [2.45, 2.75) is 25.0 Å². The van der Waals surface area contributed by atoms with E-state index < -0.39 is 6.04 Å². The van der Waals surface area contributed by atoms with Gasteiger partial charge in [0.1, 0.15) is 6.54 Å². The van der Waals surface area contributed by atoms with Gasteiger partial charge in [-0.1, -0.05) is 48.5 Å². The number of nitrogens with zero attached hydrogens (tertiary/aromatic N) is 2. The van der Waals surface area contributed by atoms with E-state index in [1.165, 1.54) is 0 Å². The summed E-state index contributed by atoms with van der Waals surface area (Å²) in [5, 5.41) is 3.34. The minimum absolute atomic E-state index is 0.137. The zero-order valence-corrected chi connectivity index (χ0v) is 18.4. The van der Waals surface area contributed by atoms with Crippen LogP contribution in [-0.4, -0.2) is 67.6 Å². The van der Waals surface area contributed by atoms with Crippen molar-refractivity contribution in [3.63, 3.8) is 0 Å². The van der Waals surface area contributed by atoms with E-state index in [1.807, 2.05) is 60.7 Å². The summed E-state index contributed by atoms with van der Waals surface area (Å²) in [5.41, 5.74) is 1.76. The number of nitrogens with one attached hydrogen (secondary N) is 1. The highest BCUT2D eigenvalue weighted by Gasteiger charge is 2.49. The van der Waals surface area contributed by atoms with E-state index in [4.69, 9.17) is 4.74 Å². The van der Waals surface area contributed by atoms with Crippen LogP contribution in [0.15, 0.2) is 60.7 Å². The van der Waals surface area contributed by atoms with Gasteiger partial charge in [0.05, 0.1) is 13.1 Å². The molecule has 2 atom stereocenters. The highest BCUT2D eigenvalue weighted by molar-refractivity contribution is 5.81. The molecule has 0 saturated carbocycles. The summed E-state index contributed by atoms with van der Waals surface area (Å²) in [6.45, 7) is 3.19. The smallest absolute Gasteiger partial charge is 0.333 e. The lowest BCUT2D eigenvalue weighted by molar-refractivity contribution is -0.939. The van der Waals surface area contributed by atoms with Crippen molar-refractivity contribution < 1.29 is 18.8 Å². The first-order valence-corrected chi connectivity index (χ1v) is 11.1. The molecule has 1 N–H and O–H groups in total. The van der Waals surface area contributed by atoms with Gasteiger partial charge in [0.15, 0.2) is 18.7 Å². The second-order valence-corrected chi connectivity index (χ2v) is 9.08. The number of carbonyl (C=O) groups excluding carboxylic acids is 2. The van der Waals surface area contributed by atoms with Crippen LogP contribution in [-0.2, 0) is 14.3 Å². The number of amides is 1. The summed E-state index contributed by atoms with van der Waals surface area (Å²) in [5.74, 6) is 0.260. The van der Waals surface area contributed by atoms with Gasteiger partial charge in [0.2, 0.25) is 0 Å².